The number of hydrogen-bond acceptors (Lipinski definition) is 4. The van der Waals surface area contributed by atoms with E-state index in [0.29, 0.717) is 16.9 Å². The molecule has 6 heteroatoms. The number of piperazine rings is 1. The number of Topliss-reactive ketones (excluding diaryl/α,β-unsaturated/α-hetero) is 1. The molecular weight excluding hydrogens is 348 g/mol. The number of nitrogens with zero attached hydrogens (tertiary/aromatic N) is 3. The van der Waals surface area contributed by atoms with E-state index in [2.05, 4.69) is 33.6 Å². The number of H-pyrrole nitrogens is 1. The summed E-state index contributed by atoms with van der Waals surface area (Å²) in [6, 6.07) is 4.30. The lowest BCUT2D eigenvalue weighted by molar-refractivity contribution is 0.0823. The lowest BCUT2D eigenvalue weighted by atomic mass is 9.85. The minimum Gasteiger partial charge on any atom is -0.365 e. The number of aromatic amines is 1. The van der Waals surface area contributed by atoms with Gasteiger partial charge < -0.3 is 9.88 Å². The number of halogens is 1. The minimum absolute atomic E-state index is 0.0406. The highest BCUT2D eigenvalue weighted by atomic mass is 35.5. The summed E-state index contributed by atoms with van der Waals surface area (Å²) in [5.41, 5.74) is 2.19. The van der Waals surface area contributed by atoms with E-state index < -0.39 is 5.41 Å². The van der Waals surface area contributed by atoms with Crippen LogP contribution in [0.2, 0.25) is 5.02 Å². The highest BCUT2D eigenvalue weighted by Crippen LogP contribution is 2.33. The summed E-state index contributed by atoms with van der Waals surface area (Å²) in [5, 5.41) is 0.701. The quantitative estimate of drug-likeness (QED) is 0.787. The maximum absolute atomic E-state index is 12.7. The number of nitrogens with one attached hydrogen (secondary N) is 1. The van der Waals surface area contributed by atoms with Gasteiger partial charge in [-0.15, -0.1) is 0 Å². The molecule has 1 N–H and O–H groups in total. The number of anilines is 1. The molecule has 1 saturated heterocycles. The molecule has 3 rings (SSSR count). The first-order chi connectivity index (χ1) is 12.3. The zero-order chi connectivity index (χ0) is 19.1. The number of aromatic nitrogens is 2. The Kier molecular flexibility index (Phi) is 5.31. The Labute approximate surface area is 160 Å². The first-order valence-corrected chi connectivity index (χ1v) is 9.87. The molecule has 0 bridgehead atoms. The molecule has 2 aromatic rings. The maximum atomic E-state index is 12.7. The van der Waals surface area contributed by atoms with Crippen LogP contribution in [0.3, 0.4) is 0 Å². The molecule has 2 heterocycles. The lowest BCUT2D eigenvalue weighted by Gasteiger charge is -2.41. The summed E-state index contributed by atoms with van der Waals surface area (Å²) in [5.74, 6) is 0.461. The number of rotatable bonds is 5. The molecule has 1 aromatic carbocycles. The second-order valence-corrected chi connectivity index (χ2v) is 8.32. The first kappa shape index (κ1) is 19.2. The Morgan fingerprint density at radius 2 is 2.08 bits per heavy atom. The van der Waals surface area contributed by atoms with Gasteiger partial charge in [0.25, 0.3) is 0 Å². The zero-order valence-corrected chi connectivity index (χ0v) is 17.2. The molecule has 0 saturated carbocycles. The van der Waals surface area contributed by atoms with Crippen LogP contribution in [0.15, 0.2) is 12.1 Å². The van der Waals surface area contributed by atoms with Crippen molar-refractivity contribution in [2.75, 3.05) is 31.1 Å². The van der Waals surface area contributed by atoms with Gasteiger partial charge in [-0.05, 0) is 32.0 Å². The van der Waals surface area contributed by atoms with Crippen molar-refractivity contribution in [3.8, 4) is 0 Å². The first-order valence-electron chi connectivity index (χ1n) is 9.50. The van der Waals surface area contributed by atoms with Gasteiger partial charge in [0.2, 0.25) is 5.78 Å². The summed E-state index contributed by atoms with van der Waals surface area (Å²) in [7, 11) is 0. The van der Waals surface area contributed by atoms with Crippen LogP contribution in [-0.2, 0) is 0 Å². The fraction of sp³-hybridized carbons (Fsp3) is 0.600. The molecule has 5 nitrogen and oxygen atoms in total. The summed E-state index contributed by atoms with van der Waals surface area (Å²) < 4.78 is 0. The van der Waals surface area contributed by atoms with Crippen LogP contribution >= 0.6 is 11.6 Å². The van der Waals surface area contributed by atoms with Crippen LogP contribution in [0.25, 0.3) is 11.0 Å². The average molecular weight is 377 g/mol. The zero-order valence-electron chi connectivity index (χ0n) is 16.4. The Morgan fingerprint density at radius 3 is 2.69 bits per heavy atom. The molecule has 0 radical (unpaired) electrons. The summed E-state index contributed by atoms with van der Waals surface area (Å²) in [6.07, 6.45) is 0.772. The molecule has 0 unspecified atom stereocenters. The molecule has 0 spiro atoms. The predicted octanol–water partition coefficient (Wildman–Crippen LogP) is 4.37. The van der Waals surface area contributed by atoms with Crippen molar-refractivity contribution in [2.45, 2.75) is 47.1 Å². The van der Waals surface area contributed by atoms with Crippen molar-refractivity contribution in [3.63, 3.8) is 0 Å². The van der Waals surface area contributed by atoms with Gasteiger partial charge in [-0.25, -0.2) is 4.98 Å². The van der Waals surface area contributed by atoms with Crippen molar-refractivity contribution in [2.24, 2.45) is 5.41 Å². The SMILES string of the molecule is CCN1CCN(c2cc3nc(C(=O)C(C)(C)CC)[nH]c3cc2Cl)[C@@H](C)C1. The highest BCUT2D eigenvalue weighted by molar-refractivity contribution is 6.34. The van der Waals surface area contributed by atoms with E-state index in [9.17, 15) is 4.79 Å². The fourth-order valence-electron chi connectivity index (χ4n) is 3.51. The van der Waals surface area contributed by atoms with Crippen molar-refractivity contribution in [1.29, 1.82) is 0 Å². The molecule has 142 valence electrons. The van der Waals surface area contributed by atoms with Crippen LogP contribution < -0.4 is 4.90 Å². The lowest BCUT2D eigenvalue weighted by Crippen LogP contribution is -2.51. The van der Waals surface area contributed by atoms with E-state index >= 15 is 0 Å². The second-order valence-electron chi connectivity index (χ2n) is 7.91. The van der Waals surface area contributed by atoms with Crippen LogP contribution in [-0.4, -0.2) is 52.9 Å². The van der Waals surface area contributed by atoms with Crippen molar-refractivity contribution in [3.05, 3.63) is 23.0 Å². The van der Waals surface area contributed by atoms with Gasteiger partial charge in [-0.2, -0.15) is 0 Å². The molecule has 1 aliphatic rings. The van der Waals surface area contributed by atoms with Crippen LogP contribution in [0, 0.1) is 5.41 Å². The topological polar surface area (TPSA) is 52.2 Å². The van der Waals surface area contributed by atoms with E-state index in [0.717, 1.165) is 49.3 Å². The summed E-state index contributed by atoms with van der Waals surface area (Å²) in [6.45, 7) is 14.4. The third-order valence-electron chi connectivity index (χ3n) is 5.73. The van der Waals surface area contributed by atoms with E-state index in [-0.39, 0.29) is 5.78 Å². The van der Waals surface area contributed by atoms with Crippen molar-refractivity contribution in [1.82, 2.24) is 14.9 Å². The smallest absolute Gasteiger partial charge is 0.203 e. The standard InChI is InChI=1S/C20H29ClN4O/c1-6-20(4,5)18(26)19-22-15-10-14(21)17(11-16(15)23-19)25-9-8-24(7-2)12-13(25)3/h10-11,13H,6-9,12H2,1-5H3,(H,22,23)/t13-/m0/s1. The van der Waals surface area contributed by atoms with Gasteiger partial charge in [0.15, 0.2) is 5.82 Å². The van der Waals surface area contributed by atoms with Gasteiger partial charge >= 0.3 is 0 Å². The van der Waals surface area contributed by atoms with Gasteiger partial charge in [0.1, 0.15) is 0 Å². The summed E-state index contributed by atoms with van der Waals surface area (Å²) >= 11 is 6.59. The Hall–Kier alpha value is -1.59. The number of hydrogen-bond donors (Lipinski definition) is 1. The third-order valence-corrected chi connectivity index (χ3v) is 6.04. The summed E-state index contributed by atoms with van der Waals surface area (Å²) in [4.78, 5) is 25.3. The average Bonchev–Trinajstić information content (AvgIpc) is 3.02. The van der Waals surface area contributed by atoms with Gasteiger partial charge in [0.05, 0.1) is 21.7 Å². The third kappa shape index (κ3) is 3.47. The molecule has 26 heavy (non-hydrogen) atoms. The molecule has 0 amide bonds. The Bertz CT molecular complexity index is 813. The van der Waals surface area contributed by atoms with Crippen molar-refractivity contribution < 1.29 is 4.79 Å². The Morgan fingerprint density at radius 1 is 1.35 bits per heavy atom. The van der Waals surface area contributed by atoms with Gasteiger partial charge in [-0.1, -0.05) is 39.3 Å². The molecule has 1 fully saturated rings. The maximum Gasteiger partial charge on any atom is 0.203 e. The number of fused-ring (bicyclic) bond motifs is 1. The van der Waals surface area contributed by atoms with Crippen molar-refractivity contribution >= 4 is 34.1 Å². The number of carbonyl (C=O) groups excluding carboxylic acids is 1. The fourth-order valence-corrected chi connectivity index (χ4v) is 3.78. The number of ketones is 1. The van der Waals surface area contributed by atoms with Gasteiger partial charge in [-0.3, -0.25) is 9.69 Å². The van der Waals surface area contributed by atoms with Crippen LogP contribution in [0.4, 0.5) is 5.69 Å². The number of imidazole rings is 1. The normalized spacial score (nSPS) is 19.3. The number of benzene rings is 1. The highest BCUT2D eigenvalue weighted by Gasteiger charge is 2.30. The number of likely N-dealkylation sites (N-methyl/N-ethyl adjacent to an activating group) is 1. The van der Waals surface area contributed by atoms with E-state index in [1.807, 2.05) is 32.9 Å². The number of carbonyl (C=O) groups is 1. The molecule has 1 aliphatic heterocycles. The minimum atomic E-state index is -0.425. The van der Waals surface area contributed by atoms with Gasteiger partial charge in [0, 0.05) is 31.1 Å². The van der Waals surface area contributed by atoms with Crippen LogP contribution in [0.1, 0.15) is 51.7 Å². The van der Waals surface area contributed by atoms with E-state index in [1.54, 1.807) is 0 Å². The molecule has 1 aromatic heterocycles. The van der Waals surface area contributed by atoms with E-state index in [4.69, 9.17) is 11.6 Å². The molecule has 1 atom stereocenters. The Balaban J connectivity index is 1.94. The molecular formula is C20H29ClN4O. The van der Waals surface area contributed by atoms with Crippen LogP contribution in [0.5, 0.6) is 0 Å². The molecule has 0 aliphatic carbocycles. The monoisotopic (exact) mass is 376 g/mol. The second kappa shape index (κ2) is 7.20. The predicted molar refractivity (Wildman–Crippen MR) is 108 cm³/mol. The largest absolute Gasteiger partial charge is 0.365 e. The van der Waals surface area contributed by atoms with E-state index in [1.165, 1.54) is 0 Å².